The van der Waals surface area contributed by atoms with E-state index in [1.54, 1.807) is 25.2 Å². The Kier molecular flexibility index (Phi) is 13.4. The minimum absolute atomic E-state index is 0.00213. The Morgan fingerprint density at radius 3 is 1.83 bits per heavy atom. The van der Waals surface area contributed by atoms with Crippen molar-refractivity contribution < 1.29 is 19.2 Å². The molecule has 4 aromatic rings. The van der Waals surface area contributed by atoms with Crippen LogP contribution in [-0.4, -0.2) is 75.6 Å². The Balaban J connectivity index is 1.27. The second-order valence-corrected chi connectivity index (χ2v) is 14.9. The van der Waals surface area contributed by atoms with Crippen LogP contribution in [-0.2, 0) is 19.2 Å². The summed E-state index contributed by atoms with van der Waals surface area (Å²) in [5.74, 6) is 0.105. The smallest absolute Gasteiger partial charge is 0.233 e. The molecule has 0 radical (unpaired) electrons. The second-order valence-electron chi connectivity index (χ2n) is 14.9. The zero-order valence-corrected chi connectivity index (χ0v) is 32.7. The van der Waals surface area contributed by atoms with Gasteiger partial charge in [0.1, 0.15) is 5.82 Å². The monoisotopic (exact) mass is 736 g/mol. The highest BCUT2D eigenvalue weighted by Crippen LogP contribution is 2.35. The number of aromatic nitrogens is 4. The van der Waals surface area contributed by atoms with Crippen LogP contribution in [0.2, 0.25) is 0 Å². The zero-order valence-electron chi connectivity index (χ0n) is 32.7. The van der Waals surface area contributed by atoms with E-state index in [1.807, 2.05) is 50.9 Å². The number of carbonyl (C=O) groups is 4. The zero-order chi connectivity index (χ0) is 38.9. The highest BCUT2D eigenvalue weighted by molar-refractivity contribution is 5.96. The molecule has 288 valence electrons. The van der Waals surface area contributed by atoms with Crippen molar-refractivity contribution in [2.24, 2.45) is 23.7 Å². The number of hydrogen-bond donors (Lipinski definition) is 4. The number of amides is 4. The van der Waals surface area contributed by atoms with Crippen LogP contribution >= 0.6 is 0 Å². The van der Waals surface area contributed by atoms with Gasteiger partial charge in [-0.25, -0.2) is 9.97 Å². The third kappa shape index (κ3) is 9.26. The number of H-pyrrole nitrogens is 2. The van der Waals surface area contributed by atoms with Gasteiger partial charge in [0.15, 0.2) is 0 Å². The number of aromatic amines is 2. The van der Waals surface area contributed by atoms with Gasteiger partial charge < -0.3 is 25.5 Å². The van der Waals surface area contributed by atoms with Crippen molar-refractivity contribution in [3.63, 3.8) is 0 Å². The molecular weight excluding hydrogens is 681 g/mol. The summed E-state index contributed by atoms with van der Waals surface area (Å²) in [6, 6.07) is 16.4. The Hall–Kier alpha value is -5.26. The summed E-state index contributed by atoms with van der Waals surface area (Å²) in [5, 5.41) is 5.30. The van der Waals surface area contributed by atoms with Crippen LogP contribution in [0.3, 0.4) is 0 Å². The molecule has 2 aromatic carbocycles. The molecule has 54 heavy (non-hydrogen) atoms. The predicted octanol–water partition coefficient (Wildman–Crippen LogP) is 6.75. The van der Waals surface area contributed by atoms with Crippen LogP contribution < -0.4 is 15.5 Å². The molecule has 0 saturated carbocycles. The van der Waals surface area contributed by atoms with Crippen LogP contribution in [0.5, 0.6) is 0 Å². The lowest BCUT2D eigenvalue weighted by Gasteiger charge is -2.29. The fourth-order valence-electron chi connectivity index (χ4n) is 7.12. The van der Waals surface area contributed by atoms with Gasteiger partial charge in [0.05, 0.1) is 29.8 Å². The summed E-state index contributed by atoms with van der Waals surface area (Å²) >= 11 is 0. The maximum atomic E-state index is 13.7. The highest BCUT2D eigenvalue weighted by atomic mass is 16.2. The maximum Gasteiger partial charge on any atom is 0.233 e. The van der Waals surface area contributed by atoms with Gasteiger partial charge in [0, 0.05) is 51.9 Å². The first-order chi connectivity index (χ1) is 25.9. The van der Waals surface area contributed by atoms with E-state index < -0.39 is 5.92 Å². The lowest BCUT2D eigenvalue weighted by molar-refractivity contribution is -0.141. The number of nitrogens with one attached hydrogen (secondary N) is 4. The number of nitrogens with zero attached hydrogens (tertiary/aromatic N) is 4. The standard InChI is InChI=1S/C42H56N8O4/c1-8-9-20-50(41(54)33(27(4)5)23-38(52)44-7)42-46-25-35(48-42)31-18-14-29(15-19-31)28-12-16-30(17-13-28)34-24-45-39(47-34)36-11-10-21-49(36)40(53)32(26(2)3)22-37(51)43-6/h12-19,24-27,32-33,36H,8-11,20-23H2,1-7H3,(H,43,51)(H,44,52)(H,45,47)(H,46,48)/t32-,33-,36-/m0/s1. The van der Waals surface area contributed by atoms with E-state index in [0.29, 0.717) is 19.0 Å². The van der Waals surface area contributed by atoms with Gasteiger partial charge in [-0.3, -0.25) is 24.1 Å². The summed E-state index contributed by atoms with van der Waals surface area (Å²) in [5.41, 5.74) is 5.74. The van der Waals surface area contributed by atoms with E-state index >= 15 is 0 Å². The number of anilines is 1. The van der Waals surface area contributed by atoms with Crippen LogP contribution in [0.15, 0.2) is 60.9 Å². The van der Waals surface area contributed by atoms with Gasteiger partial charge in [-0.1, -0.05) is 89.6 Å². The number of hydrogen-bond acceptors (Lipinski definition) is 6. The maximum absolute atomic E-state index is 13.7. The summed E-state index contributed by atoms with van der Waals surface area (Å²) in [7, 11) is 3.19. The van der Waals surface area contributed by atoms with E-state index in [-0.39, 0.29) is 60.3 Å². The van der Waals surface area contributed by atoms with Crippen LogP contribution in [0.4, 0.5) is 5.95 Å². The Labute approximate surface area is 318 Å². The van der Waals surface area contributed by atoms with Crippen molar-refractivity contribution in [3.05, 3.63) is 66.7 Å². The fraction of sp³-hybridized carbons (Fsp3) is 0.476. The predicted molar refractivity (Wildman–Crippen MR) is 212 cm³/mol. The summed E-state index contributed by atoms with van der Waals surface area (Å²) in [6.45, 7) is 11.2. The lowest BCUT2D eigenvalue weighted by atomic mass is 9.90. The van der Waals surface area contributed by atoms with Crippen molar-refractivity contribution in [2.45, 2.75) is 79.2 Å². The molecule has 12 heteroatoms. The molecule has 1 aliphatic rings. The summed E-state index contributed by atoms with van der Waals surface area (Å²) < 4.78 is 0. The molecule has 0 spiro atoms. The van der Waals surface area contributed by atoms with E-state index in [2.05, 4.69) is 68.9 Å². The number of benzene rings is 2. The third-order valence-corrected chi connectivity index (χ3v) is 10.6. The Morgan fingerprint density at radius 1 is 0.778 bits per heavy atom. The SMILES string of the molecule is CCCCN(C(=O)[C@@H](CC(=O)NC)C(C)C)c1ncc(-c2ccc(-c3ccc(-c4cnc([C@@H]5CCCN5C(=O)[C@@H](CC(=O)NC)C(C)C)[nH]4)cc3)cc2)[nH]1. The van der Waals surface area contributed by atoms with Crippen molar-refractivity contribution in [2.75, 3.05) is 32.1 Å². The summed E-state index contributed by atoms with van der Waals surface area (Å²) in [6.07, 6.45) is 7.35. The Bertz CT molecular complexity index is 1880. The number of imidazole rings is 2. The van der Waals surface area contributed by atoms with Gasteiger partial charge in [0.25, 0.3) is 0 Å². The van der Waals surface area contributed by atoms with Crippen molar-refractivity contribution in [1.29, 1.82) is 0 Å². The largest absolute Gasteiger partial charge is 0.359 e. The molecule has 1 fully saturated rings. The molecule has 4 N–H and O–H groups in total. The Morgan fingerprint density at radius 2 is 1.30 bits per heavy atom. The third-order valence-electron chi connectivity index (χ3n) is 10.6. The topological polar surface area (TPSA) is 156 Å². The number of rotatable bonds is 16. The van der Waals surface area contributed by atoms with Gasteiger partial charge in [-0.15, -0.1) is 0 Å². The molecule has 0 bridgehead atoms. The number of carbonyl (C=O) groups excluding carboxylic acids is 4. The quantitative estimate of drug-likeness (QED) is 0.0998. The molecule has 0 aliphatic carbocycles. The molecular formula is C42H56N8O4. The van der Waals surface area contributed by atoms with Crippen molar-refractivity contribution >= 4 is 29.6 Å². The lowest BCUT2D eigenvalue weighted by Crippen LogP contribution is -2.41. The van der Waals surface area contributed by atoms with Crippen molar-refractivity contribution in [3.8, 4) is 33.6 Å². The first-order valence-electron chi connectivity index (χ1n) is 19.3. The van der Waals surface area contributed by atoms with E-state index in [4.69, 9.17) is 4.98 Å². The molecule has 1 saturated heterocycles. The first kappa shape index (κ1) is 39.9. The van der Waals surface area contributed by atoms with E-state index in [9.17, 15) is 19.2 Å². The normalized spacial score (nSPS) is 15.4. The minimum atomic E-state index is -0.449. The molecule has 5 rings (SSSR count). The summed E-state index contributed by atoms with van der Waals surface area (Å²) in [4.78, 5) is 71.4. The molecule has 0 unspecified atom stereocenters. The minimum Gasteiger partial charge on any atom is -0.359 e. The molecule has 3 heterocycles. The molecule has 3 atom stereocenters. The second kappa shape index (κ2) is 18.2. The number of likely N-dealkylation sites (tertiary alicyclic amines) is 1. The number of unbranched alkanes of at least 4 members (excludes halogenated alkanes) is 1. The average Bonchev–Trinajstić information content (AvgIpc) is 3.97. The van der Waals surface area contributed by atoms with Gasteiger partial charge in [-0.2, -0.15) is 0 Å². The van der Waals surface area contributed by atoms with Gasteiger partial charge >= 0.3 is 0 Å². The van der Waals surface area contributed by atoms with Crippen LogP contribution in [0, 0.1) is 23.7 Å². The van der Waals surface area contributed by atoms with E-state index in [0.717, 1.165) is 65.1 Å². The molecule has 4 amide bonds. The van der Waals surface area contributed by atoms with Crippen LogP contribution in [0.1, 0.15) is 85.0 Å². The highest BCUT2D eigenvalue weighted by Gasteiger charge is 2.37. The fourth-order valence-corrected chi connectivity index (χ4v) is 7.12. The van der Waals surface area contributed by atoms with E-state index in [1.165, 1.54) is 0 Å². The van der Waals surface area contributed by atoms with Gasteiger partial charge in [0.2, 0.25) is 29.6 Å². The molecule has 12 nitrogen and oxygen atoms in total. The molecule has 2 aromatic heterocycles. The van der Waals surface area contributed by atoms with Crippen molar-refractivity contribution in [1.82, 2.24) is 35.5 Å². The first-order valence-corrected chi connectivity index (χ1v) is 19.3. The van der Waals surface area contributed by atoms with Crippen LogP contribution in [0.25, 0.3) is 33.6 Å². The van der Waals surface area contributed by atoms with Gasteiger partial charge in [-0.05, 0) is 53.4 Å². The molecule has 1 aliphatic heterocycles. The average molecular weight is 737 g/mol.